The topological polar surface area (TPSA) is 115 Å². The number of aliphatic hydroxyl groups is 3. The molecule has 1 saturated heterocycles. The fourth-order valence-corrected chi connectivity index (χ4v) is 1.98. The van der Waals surface area contributed by atoms with Gasteiger partial charge in [0.05, 0.1) is 12.8 Å². The number of para-hydroxylation sites is 1. The van der Waals surface area contributed by atoms with Crippen LogP contribution in [-0.2, 0) is 4.74 Å². The first-order chi connectivity index (χ1) is 9.17. The van der Waals surface area contributed by atoms with Crippen molar-refractivity contribution >= 4 is 11.9 Å². The summed E-state index contributed by atoms with van der Waals surface area (Å²) in [4.78, 5) is 0. The van der Waals surface area contributed by atoms with Gasteiger partial charge in [-0.15, -0.1) is 0 Å². The number of hydrogen-bond acceptors (Lipinski definition) is 7. The predicted molar refractivity (Wildman–Crippen MR) is 67.2 cm³/mol. The van der Waals surface area contributed by atoms with Crippen LogP contribution in [0.2, 0.25) is 0 Å². The zero-order valence-electron chi connectivity index (χ0n) is 10.0. The largest absolute Gasteiger partial charge is 0.411 e. The van der Waals surface area contributed by atoms with Crippen LogP contribution in [0, 0.1) is 0 Å². The second kappa shape index (κ2) is 5.98. The summed E-state index contributed by atoms with van der Waals surface area (Å²) in [5, 5.41) is 42.9. The van der Waals surface area contributed by atoms with Gasteiger partial charge in [0.15, 0.2) is 6.23 Å². The third-order valence-electron chi connectivity index (χ3n) is 3.00. The van der Waals surface area contributed by atoms with Crippen molar-refractivity contribution in [2.24, 2.45) is 5.16 Å². The lowest BCUT2D eigenvalue weighted by atomic mass is 10.1. The highest BCUT2D eigenvalue weighted by molar-refractivity contribution is 5.87. The molecule has 1 aromatic carbocycles. The Morgan fingerprint density at radius 1 is 1.26 bits per heavy atom. The number of hydrogen-bond donors (Lipinski definition) is 5. The van der Waals surface area contributed by atoms with E-state index < -0.39 is 24.5 Å². The van der Waals surface area contributed by atoms with Gasteiger partial charge in [0.2, 0.25) is 0 Å². The average molecular weight is 268 g/mol. The second-order valence-corrected chi connectivity index (χ2v) is 4.24. The Morgan fingerprint density at radius 3 is 2.63 bits per heavy atom. The number of ether oxygens (including phenoxy) is 1. The van der Waals surface area contributed by atoms with Crippen molar-refractivity contribution < 1.29 is 25.3 Å². The molecular formula is C12H16N2O5. The SMILES string of the molecule is OC[C@@H]1O[C@@H](Nc2ccccc2/C=N/O)[C@H](O)[C@@H]1O. The van der Waals surface area contributed by atoms with Crippen molar-refractivity contribution in [2.75, 3.05) is 11.9 Å². The maximum absolute atomic E-state index is 9.81. The zero-order chi connectivity index (χ0) is 13.8. The first-order valence-electron chi connectivity index (χ1n) is 5.83. The van der Waals surface area contributed by atoms with Gasteiger partial charge >= 0.3 is 0 Å². The predicted octanol–water partition coefficient (Wildman–Crippen LogP) is -0.654. The molecule has 0 amide bonds. The van der Waals surface area contributed by atoms with Crippen molar-refractivity contribution in [3.63, 3.8) is 0 Å². The van der Waals surface area contributed by atoms with E-state index in [4.69, 9.17) is 15.1 Å². The summed E-state index contributed by atoms with van der Waals surface area (Å²) in [5.74, 6) is 0. The third kappa shape index (κ3) is 2.85. The van der Waals surface area contributed by atoms with Gasteiger partial charge in [-0.2, -0.15) is 0 Å². The molecule has 5 N–H and O–H groups in total. The van der Waals surface area contributed by atoms with Crippen LogP contribution in [0.1, 0.15) is 5.56 Å². The first-order valence-corrected chi connectivity index (χ1v) is 5.83. The molecule has 0 unspecified atom stereocenters. The van der Waals surface area contributed by atoms with Crippen LogP contribution in [-0.4, -0.2) is 57.9 Å². The fourth-order valence-electron chi connectivity index (χ4n) is 1.98. The Bertz CT molecular complexity index is 454. The highest BCUT2D eigenvalue weighted by atomic mass is 16.6. The van der Waals surface area contributed by atoms with E-state index >= 15 is 0 Å². The Hall–Kier alpha value is -1.67. The van der Waals surface area contributed by atoms with Crippen LogP contribution in [0.3, 0.4) is 0 Å². The molecule has 1 heterocycles. The van der Waals surface area contributed by atoms with E-state index in [2.05, 4.69) is 10.5 Å². The summed E-state index contributed by atoms with van der Waals surface area (Å²) in [5.41, 5.74) is 1.18. The van der Waals surface area contributed by atoms with Crippen LogP contribution in [0.4, 0.5) is 5.69 Å². The van der Waals surface area contributed by atoms with E-state index in [-0.39, 0.29) is 6.61 Å². The van der Waals surface area contributed by atoms with Gasteiger partial charge in [0, 0.05) is 11.3 Å². The van der Waals surface area contributed by atoms with Gasteiger partial charge in [-0.3, -0.25) is 0 Å². The van der Waals surface area contributed by atoms with E-state index in [0.717, 1.165) is 0 Å². The number of anilines is 1. The quantitative estimate of drug-likeness (QED) is 0.281. The number of benzene rings is 1. The molecule has 1 aromatic rings. The molecule has 1 aliphatic rings. The van der Waals surface area contributed by atoms with E-state index in [1.165, 1.54) is 6.21 Å². The van der Waals surface area contributed by atoms with Gasteiger partial charge in [0.1, 0.15) is 18.3 Å². The maximum Gasteiger partial charge on any atom is 0.157 e. The minimum Gasteiger partial charge on any atom is -0.411 e. The summed E-state index contributed by atoms with van der Waals surface area (Å²) in [7, 11) is 0. The fraction of sp³-hybridized carbons (Fsp3) is 0.417. The summed E-state index contributed by atoms with van der Waals surface area (Å²) in [6, 6.07) is 6.95. The highest BCUT2D eigenvalue weighted by Crippen LogP contribution is 2.24. The Labute approximate surface area is 109 Å². The lowest BCUT2D eigenvalue weighted by Crippen LogP contribution is -2.36. The average Bonchev–Trinajstić information content (AvgIpc) is 2.69. The van der Waals surface area contributed by atoms with Crippen LogP contribution in [0.25, 0.3) is 0 Å². The molecule has 7 nitrogen and oxygen atoms in total. The van der Waals surface area contributed by atoms with E-state index in [1.807, 2.05) is 0 Å². The monoisotopic (exact) mass is 268 g/mol. The number of oxime groups is 1. The molecule has 104 valence electrons. The Kier molecular flexibility index (Phi) is 4.33. The molecule has 19 heavy (non-hydrogen) atoms. The number of nitrogens with zero attached hydrogens (tertiary/aromatic N) is 1. The van der Waals surface area contributed by atoms with Gasteiger partial charge in [-0.1, -0.05) is 23.4 Å². The van der Waals surface area contributed by atoms with Gasteiger partial charge in [-0.25, -0.2) is 0 Å². The van der Waals surface area contributed by atoms with E-state index in [1.54, 1.807) is 24.3 Å². The minimum absolute atomic E-state index is 0.379. The number of aliphatic hydroxyl groups excluding tert-OH is 3. The van der Waals surface area contributed by atoms with Crippen molar-refractivity contribution in [3.8, 4) is 0 Å². The first kappa shape index (κ1) is 13.8. The molecule has 0 radical (unpaired) electrons. The van der Waals surface area contributed by atoms with Crippen LogP contribution in [0.15, 0.2) is 29.4 Å². The van der Waals surface area contributed by atoms with Gasteiger partial charge < -0.3 is 30.6 Å². The molecule has 1 aliphatic heterocycles. The highest BCUT2D eigenvalue weighted by Gasteiger charge is 2.42. The lowest BCUT2D eigenvalue weighted by molar-refractivity contribution is -0.0153. The molecule has 4 atom stereocenters. The molecule has 0 saturated carbocycles. The minimum atomic E-state index is -1.16. The molecule has 0 spiro atoms. The van der Waals surface area contributed by atoms with Crippen molar-refractivity contribution in [1.82, 2.24) is 0 Å². The summed E-state index contributed by atoms with van der Waals surface area (Å²) in [6.45, 7) is -0.379. The van der Waals surface area contributed by atoms with Crippen LogP contribution < -0.4 is 5.32 Å². The van der Waals surface area contributed by atoms with E-state index in [9.17, 15) is 10.2 Å². The second-order valence-electron chi connectivity index (χ2n) is 4.24. The number of nitrogens with one attached hydrogen (secondary N) is 1. The molecule has 0 bridgehead atoms. The standard InChI is InChI=1S/C12H16N2O5/c15-6-9-10(16)11(17)12(19-9)14-8-4-2-1-3-7(8)5-13-18/h1-5,9-12,14-18H,6H2/b13-5+/t9-,10+,11+,12+/m0/s1. The van der Waals surface area contributed by atoms with E-state index in [0.29, 0.717) is 11.3 Å². The van der Waals surface area contributed by atoms with Crippen molar-refractivity contribution in [1.29, 1.82) is 0 Å². The molecule has 1 fully saturated rings. The molecular weight excluding hydrogens is 252 g/mol. The van der Waals surface area contributed by atoms with Crippen molar-refractivity contribution in [2.45, 2.75) is 24.5 Å². The normalized spacial score (nSPS) is 30.9. The zero-order valence-corrected chi connectivity index (χ0v) is 10.0. The molecule has 0 aliphatic carbocycles. The number of rotatable bonds is 4. The molecule has 7 heteroatoms. The molecule has 0 aromatic heterocycles. The Balaban J connectivity index is 2.14. The van der Waals surface area contributed by atoms with Gasteiger partial charge in [0.25, 0.3) is 0 Å². The summed E-state index contributed by atoms with van der Waals surface area (Å²) < 4.78 is 5.30. The summed E-state index contributed by atoms with van der Waals surface area (Å²) >= 11 is 0. The van der Waals surface area contributed by atoms with Crippen LogP contribution in [0.5, 0.6) is 0 Å². The smallest absolute Gasteiger partial charge is 0.157 e. The van der Waals surface area contributed by atoms with Crippen LogP contribution >= 0.6 is 0 Å². The summed E-state index contributed by atoms with van der Waals surface area (Å²) in [6.07, 6.45) is -2.74. The third-order valence-corrected chi connectivity index (χ3v) is 3.00. The lowest BCUT2D eigenvalue weighted by Gasteiger charge is -2.18. The molecule has 2 rings (SSSR count). The van der Waals surface area contributed by atoms with Gasteiger partial charge in [-0.05, 0) is 6.07 Å². The maximum atomic E-state index is 9.81. The van der Waals surface area contributed by atoms with Crippen molar-refractivity contribution in [3.05, 3.63) is 29.8 Å². The Morgan fingerprint density at radius 2 is 2.00 bits per heavy atom.